The zero-order valence-electron chi connectivity index (χ0n) is 14.3. The maximum atomic E-state index is 12.2. The zero-order valence-corrected chi connectivity index (χ0v) is 14.3. The van der Waals surface area contributed by atoms with Gasteiger partial charge in [0.05, 0.1) is 0 Å². The molecule has 2 amide bonds. The van der Waals surface area contributed by atoms with Gasteiger partial charge in [0, 0.05) is 37.1 Å². The van der Waals surface area contributed by atoms with Crippen LogP contribution in [0, 0.1) is 5.92 Å². The van der Waals surface area contributed by atoms with Crippen molar-refractivity contribution in [1.29, 1.82) is 0 Å². The number of para-hydroxylation sites is 1. The Morgan fingerprint density at radius 2 is 2.00 bits per heavy atom. The predicted molar refractivity (Wildman–Crippen MR) is 93.6 cm³/mol. The van der Waals surface area contributed by atoms with Crippen LogP contribution >= 0.6 is 0 Å². The number of benzene rings is 1. The molecule has 1 atom stereocenters. The molecule has 1 aromatic carbocycles. The van der Waals surface area contributed by atoms with E-state index < -0.39 is 0 Å². The van der Waals surface area contributed by atoms with Gasteiger partial charge in [0.15, 0.2) is 0 Å². The summed E-state index contributed by atoms with van der Waals surface area (Å²) in [7, 11) is 1.93. The molecule has 0 radical (unpaired) electrons. The van der Waals surface area contributed by atoms with Crippen molar-refractivity contribution >= 4 is 11.7 Å². The second-order valence-corrected chi connectivity index (χ2v) is 6.08. The van der Waals surface area contributed by atoms with Gasteiger partial charge in [0.25, 0.3) is 0 Å². The molecule has 5 nitrogen and oxygen atoms in total. The summed E-state index contributed by atoms with van der Waals surface area (Å²) in [5.41, 5.74) is 3.14. The number of anilines is 1. The van der Waals surface area contributed by atoms with Crippen molar-refractivity contribution in [3.8, 4) is 0 Å². The Kier molecular flexibility index (Phi) is 5.79. The summed E-state index contributed by atoms with van der Waals surface area (Å²) >= 11 is 0. The molecule has 0 aliphatic rings. The lowest BCUT2D eigenvalue weighted by Gasteiger charge is -2.22. The lowest BCUT2D eigenvalue weighted by molar-refractivity contribution is 0.250. The maximum absolute atomic E-state index is 12.2. The highest BCUT2D eigenvalue weighted by Crippen LogP contribution is 2.23. The summed E-state index contributed by atoms with van der Waals surface area (Å²) in [6.07, 6.45) is 2.68. The zero-order chi connectivity index (χ0) is 16.8. The summed E-state index contributed by atoms with van der Waals surface area (Å²) in [4.78, 5) is 12.2. The molecule has 2 N–H and O–H groups in total. The quantitative estimate of drug-likeness (QED) is 0.856. The Morgan fingerprint density at radius 3 is 2.61 bits per heavy atom. The number of aryl methyl sites for hydroxylation is 2. The monoisotopic (exact) mass is 314 g/mol. The van der Waals surface area contributed by atoms with Gasteiger partial charge in [-0.3, -0.25) is 4.68 Å². The molecule has 0 aliphatic carbocycles. The summed E-state index contributed by atoms with van der Waals surface area (Å²) in [6, 6.07) is 9.72. The molecule has 0 fully saturated rings. The van der Waals surface area contributed by atoms with Gasteiger partial charge < -0.3 is 10.6 Å². The Balaban J connectivity index is 1.98. The van der Waals surface area contributed by atoms with Gasteiger partial charge in [-0.05, 0) is 30.0 Å². The van der Waals surface area contributed by atoms with Crippen LogP contribution in [-0.2, 0) is 13.5 Å². The van der Waals surface area contributed by atoms with Crippen molar-refractivity contribution in [3.63, 3.8) is 0 Å². The number of hydrogen-bond donors (Lipinski definition) is 2. The van der Waals surface area contributed by atoms with Crippen LogP contribution in [-0.4, -0.2) is 22.4 Å². The van der Waals surface area contributed by atoms with Gasteiger partial charge >= 0.3 is 6.03 Å². The topological polar surface area (TPSA) is 59.0 Å². The van der Waals surface area contributed by atoms with Crippen molar-refractivity contribution < 1.29 is 4.79 Å². The first kappa shape index (κ1) is 17.1. The normalized spacial score (nSPS) is 12.2. The maximum Gasteiger partial charge on any atom is 0.319 e. The highest BCUT2D eigenvalue weighted by atomic mass is 16.2. The van der Waals surface area contributed by atoms with E-state index in [1.807, 2.05) is 42.1 Å². The first-order chi connectivity index (χ1) is 11.0. The molecule has 2 rings (SSSR count). The molecule has 0 bridgehead atoms. The first-order valence-corrected chi connectivity index (χ1v) is 8.13. The van der Waals surface area contributed by atoms with E-state index in [0.717, 1.165) is 23.4 Å². The second-order valence-electron chi connectivity index (χ2n) is 6.08. The van der Waals surface area contributed by atoms with Crippen LogP contribution in [0.3, 0.4) is 0 Å². The summed E-state index contributed by atoms with van der Waals surface area (Å²) in [6.45, 7) is 6.97. The van der Waals surface area contributed by atoms with Crippen molar-refractivity contribution in [2.45, 2.75) is 33.1 Å². The van der Waals surface area contributed by atoms with E-state index in [-0.39, 0.29) is 11.9 Å². The van der Waals surface area contributed by atoms with Crippen LogP contribution in [0.25, 0.3) is 0 Å². The molecule has 0 saturated carbocycles. The predicted octanol–water partition coefficient (Wildman–Crippen LogP) is 3.54. The van der Waals surface area contributed by atoms with Gasteiger partial charge in [-0.15, -0.1) is 0 Å². The molecule has 0 unspecified atom stereocenters. The molecule has 0 spiro atoms. The third kappa shape index (κ3) is 4.34. The fourth-order valence-electron chi connectivity index (χ4n) is 2.75. The fourth-order valence-corrected chi connectivity index (χ4v) is 2.75. The third-order valence-electron chi connectivity index (χ3n) is 4.17. The number of aromatic nitrogens is 2. The van der Waals surface area contributed by atoms with Crippen LogP contribution in [0.1, 0.15) is 37.9 Å². The molecule has 0 saturated heterocycles. The van der Waals surface area contributed by atoms with Crippen LogP contribution in [0.15, 0.2) is 36.5 Å². The molecule has 1 heterocycles. The number of carbonyl (C=O) groups excluding carboxylic acids is 1. The van der Waals surface area contributed by atoms with Crippen LogP contribution in [0.5, 0.6) is 0 Å². The van der Waals surface area contributed by atoms with E-state index in [1.165, 1.54) is 0 Å². The number of hydrogen-bond acceptors (Lipinski definition) is 2. The number of urea groups is 1. The highest BCUT2D eigenvalue weighted by molar-refractivity contribution is 5.90. The molecule has 124 valence electrons. The lowest BCUT2D eigenvalue weighted by atomic mass is 9.92. The second kappa shape index (κ2) is 7.81. The molecule has 2 aromatic rings. The summed E-state index contributed by atoms with van der Waals surface area (Å²) in [5.74, 6) is 0.642. The van der Waals surface area contributed by atoms with E-state index in [4.69, 9.17) is 0 Å². The number of nitrogens with zero attached hydrogens (tertiary/aromatic N) is 2. The minimum absolute atomic E-state index is 0.168. The first-order valence-electron chi connectivity index (χ1n) is 8.13. The van der Waals surface area contributed by atoms with Gasteiger partial charge in [0.2, 0.25) is 0 Å². The largest absolute Gasteiger partial charge is 0.337 e. The van der Waals surface area contributed by atoms with E-state index in [9.17, 15) is 4.79 Å². The average Bonchev–Trinajstić information content (AvgIpc) is 2.94. The van der Waals surface area contributed by atoms with Crippen molar-refractivity contribution in [3.05, 3.63) is 47.8 Å². The standard InChI is InChI=1S/C18H26N4O/c1-5-14-8-6-7-9-16(14)21-18(23)19-12-15(13(2)3)17-10-11-20-22(17)4/h6-11,13,15H,5,12H2,1-4H3,(H2,19,21,23)/t15-/m0/s1. The van der Waals surface area contributed by atoms with E-state index in [1.54, 1.807) is 6.20 Å². The van der Waals surface area contributed by atoms with Crippen LogP contribution in [0.4, 0.5) is 10.5 Å². The summed E-state index contributed by atoms with van der Waals surface area (Å²) in [5, 5.41) is 10.2. The van der Waals surface area contributed by atoms with Crippen molar-refractivity contribution in [1.82, 2.24) is 15.1 Å². The Labute approximate surface area is 138 Å². The molecule has 5 heteroatoms. The minimum atomic E-state index is -0.168. The Morgan fingerprint density at radius 1 is 1.26 bits per heavy atom. The average molecular weight is 314 g/mol. The third-order valence-corrected chi connectivity index (χ3v) is 4.17. The number of nitrogens with one attached hydrogen (secondary N) is 2. The molecule has 0 aliphatic heterocycles. The summed E-state index contributed by atoms with van der Waals surface area (Å²) < 4.78 is 1.87. The Bertz CT molecular complexity index is 648. The van der Waals surface area contributed by atoms with E-state index >= 15 is 0 Å². The smallest absolute Gasteiger partial charge is 0.319 e. The van der Waals surface area contributed by atoms with Crippen LogP contribution in [0.2, 0.25) is 0 Å². The SMILES string of the molecule is CCc1ccccc1NC(=O)NC[C@H](c1ccnn1C)C(C)C. The van der Waals surface area contributed by atoms with Crippen molar-refractivity contribution in [2.24, 2.45) is 13.0 Å². The van der Waals surface area contributed by atoms with Gasteiger partial charge in [-0.1, -0.05) is 39.0 Å². The van der Waals surface area contributed by atoms with Gasteiger partial charge in [0.1, 0.15) is 0 Å². The molecule has 1 aromatic heterocycles. The minimum Gasteiger partial charge on any atom is -0.337 e. The Hall–Kier alpha value is -2.30. The molecular formula is C18H26N4O. The number of rotatable bonds is 6. The van der Waals surface area contributed by atoms with E-state index in [2.05, 4.69) is 36.5 Å². The molecule has 23 heavy (non-hydrogen) atoms. The number of carbonyl (C=O) groups is 1. The van der Waals surface area contributed by atoms with E-state index in [0.29, 0.717) is 12.5 Å². The fraction of sp³-hybridized carbons (Fsp3) is 0.444. The van der Waals surface area contributed by atoms with Crippen molar-refractivity contribution in [2.75, 3.05) is 11.9 Å². The van der Waals surface area contributed by atoms with Gasteiger partial charge in [-0.25, -0.2) is 4.79 Å². The lowest BCUT2D eigenvalue weighted by Crippen LogP contribution is -2.34. The number of amides is 2. The van der Waals surface area contributed by atoms with Crippen LogP contribution < -0.4 is 10.6 Å². The molecular weight excluding hydrogens is 288 g/mol. The van der Waals surface area contributed by atoms with Gasteiger partial charge in [-0.2, -0.15) is 5.10 Å². The highest BCUT2D eigenvalue weighted by Gasteiger charge is 2.19.